The predicted octanol–water partition coefficient (Wildman–Crippen LogP) is 2.87. The molecule has 9 nitrogen and oxygen atoms in total. The normalized spacial score (nSPS) is 17.8. The fourth-order valence-corrected chi connectivity index (χ4v) is 5.55. The van der Waals surface area contributed by atoms with E-state index in [9.17, 15) is 14.4 Å². The van der Waals surface area contributed by atoms with Crippen molar-refractivity contribution in [2.24, 2.45) is 16.6 Å². The zero-order valence-electron chi connectivity index (χ0n) is 23.3. The summed E-state index contributed by atoms with van der Waals surface area (Å²) < 4.78 is 5.24. The van der Waals surface area contributed by atoms with Gasteiger partial charge in [-0.2, -0.15) is 0 Å². The van der Waals surface area contributed by atoms with E-state index in [-0.39, 0.29) is 30.9 Å². The van der Waals surface area contributed by atoms with Crippen molar-refractivity contribution < 1.29 is 19.1 Å². The molecule has 1 aromatic heterocycles. The number of nitrogens with two attached hydrogens (primary N) is 1. The molecular weight excluding hydrogens is 502 g/mol. The number of nitrogens with zero attached hydrogens (tertiary/aromatic N) is 2. The third kappa shape index (κ3) is 7.18. The van der Waals surface area contributed by atoms with Gasteiger partial charge in [-0.1, -0.05) is 58.9 Å². The fraction of sp³-hybridized carbons (Fsp3) is 0.571. The maximum absolute atomic E-state index is 13.8. The molecule has 0 bridgehead atoms. The third-order valence-corrected chi connectivity index (χ3v) is 7.90. The highest BCUT2D eigenvalue weighted by molar-refractivity contribution is 7.13. The van der Waals surface area contributed by atoms with Gasteiger partial charge in [-0.3, -0.25) is 14.4 Å². The minimum atomic E-state index is -0.802. The summed E-state index contributed by atoms with van der Waals surface area (Å²) in [5.74, 6) is -0.851. The summed E-state index contributed by atoms with van der Waals surface area (Å²) in [5, 5.41) is 5.86. The molecule has 0 unspecified atom stereocenters. The molecule has 208 valence electrons. The molecule has 0 spiro atoms. The molecular formula is C28H41N5O4S. The first-order chi connectivity index (χ1) is 17.8. The smallest absolute Gasteiger partial charge is 0.246 e. The Morgan fingerprint density at radius 1 is 1.24 bits per heavy atom. The number of benzene rings is 1. The molecule has 38 heavy (non-hydrogen) atoms. The maximum atomic E-state index is 13.8. The van der Waals surface area contributed by atoms with Crippen LogP contribution >= 0.6 is 11.3 Å². The molecule has 1 aliphatic rings. The number of carbonyl (C=O) groups excluding carboxylic acids is 3. The van der Waals surface area contributed by atoms with Gasteiger partial charge in [-0.05, 0) is 35.3 Å². The van der Waals surface area contributed by atoms with Crippen molar-refractivity contribution in [2.45, 2.75) is 66.6 Å². The standard InChI is InChI=1S/C28H41N5O4S/c1-18-22(38-17-31-18)20-9-7-19(8-10-20)15-30-25(35)24-28(5,6)11-13-33(24)26(36)23(27(2,3)4)32-21(34)16-37-14-12-29/h7-10,17,23-24H,11-16,29H2,1-6H3,(H,30,35)(H,32,34)/t23-,24-/m1/s1. The van der Waals surface area contributed by atoms with E-state index in [0.717, 1.165) is 21.7 Å². The van der Waals surface area contributed by atoms with E-state index < -0.39 is 22.9 Å². The lowest BCUT2D eigenvalue weighted by Crippen LogP contribution is -2.59. The maximum Gasteiger partial charge on any atom is 0.246 e. The lowest BCUT2D eigenvalue weighted by atomic mass is 9.83. The number of ether oxygens (including phenoxy) is 1. The van der Waals surface area contributed by atoms with Crippen LogP contribution in [0.25, 0.3) is 10.4 Å². The summed E-state index contributed by atoms with van der Waals surface area (Å²) in [6.07, 6.45) is 0.685. The molecule has 2 heterocycles. The summed E-state index contributed by atoms with van der Waals surface area (Å²) >= 11 is 1.60. The lowest BCUT2D eigenvalue weighted by molar-refractivity contribution is -0.146. The Morgan fingerprint density at radius 2 is 1.92 bits per heavy atom. The molecule has 4 N–H and O–H groups in total. The summed E-state index contributed by atoms with van der Waals surface area (Å²) in [7, 11) is 0. The second kappa shape index (κ2) is 12.4. The van der Waals surface area contributed by atoms with Crippen molar-refractivity contribution in [1.82, 2.24) is 20.5 Å². The monoisotopic (exact) mass is 543 g/mol. The molecule has 1 saturated heterocycles. The SMILES string of the molecule is Cc1ncsc1-c1ccc(CNC(=O)[C@H]2N(C(=O)[C@@H](NC(=O)COCCN)C(C)(C)C)CCC2(C)C)cc1. The average Bonchev–Trinajstić information content (AvgIpc) is 3.42. The molecule has 2 atom stereocenters. The van der Waals surface area contributed by atoms with Crippen LogP contribution in [0.3, 0.4) is 0 Å². The van der Waals surface area contributed by atoms with E-state index in [1.165, 1.54) is 0 Å². The summed E-state index contributed by atoms with van der Waals surface area (Å²) in [6, 6.07) is 6.61. The summed E-state index contributed by atoms with van der Waals surface area (Å²) in [4.78, 5) is 46.8. The molecule has 0 aliphatic carbocycles. The van der Waals surface area contributed by atoms with Crippen LogP contribution in [0.4, 0.5) is 0 Å². The molecule has 0 saturated carbocycles. The molecule has 0 radical (unpaired) electrons. The van der Waals surface area contributed by atoms with Crippen LogP contribution in [0.15, 0.2) is 29.8 Å². The molecule has 1 fully saturated rings. The molecule has 3 rings (SSSR count). The number of hydrogen-bond acceptors (Lipinski definition) is 7. The van der Waals surface area contributed by atoms with Gasteiger partial charge in [0.2, 0.25) is 17.7 Å². The van der Waals surface area contributed by atoms with Gasteiger partial charge in [-0.15, -0.1) is 11.3 Å². The van der Waals surface area contributed by atoms with Crippen LogP contribution in [0.2, 0.25) is 0 Å². The molecule has 3 amide bonds. The van der Waals surface area contributed by atoms with Crippen molar-refractivity contribution in [2.75, 3.05) is 26.3 Å². The first kappa shape index (κ1) is 29.7. The van der Waals surface area contributed by atoms with Gasteiger partial charge in [-0.25, -0.2) is 4.98 Å². The zero-order valence-corrected chi connectivity index (χ0v) is 24.1. The summed E-state index contributed by atoms with van der Waals surface area (Å²) in [6.45, 7) is 12.9. The minimum absolute atomic E-state index is 0.173. The van der Waals surface area contributed by atoms with Gasteiger partial charge in [0.05, 0.1) is 22.7 Å². The number of nitrogens with one attached hydrogen (secondary N) is 2. The Labute approximate surface area is 229 Å². The number of rotatable bonds is 10. The minimum Gasteiger partial charge on any atom is -0.370 e. The van der Waals surface area contributed by atoms with Crippen LogP contribution in [0, 0.1) is 17.8 Å². The predicted molar refractivity (Wildman–Crippen MR) is 149 cm³/mol. The Kier molecular flexibility index (Phi) is 9.67. The fourth-order valence-electron chi connectivity index (χ4n) is 4.73. The van der Waals surface area contributed by atoms with Crippen LogP contribution in [-0.4, -0.2) is 66.0 Å². The number of aryl methyl sites for hydroxylation is 1. The van der Waals surface area contributed by atoms with Crippen LogP contribution in [0.1, 0.15) is 52.3 Å². The van der Waals surface area contributed by atoms with Crippen molar-refractivity contribution in [3.8, 4) is 10.4 Å². The zero-order chi connectivity index (χ0) is 28.1. The van der Waals surface area contributed by atoms with Gasteiger partial charge in [0.15, 0.2) is 0 Å². The van der Waals surface area contributed by atoms with Gasteiger partial charge < -0.3 is 26.0 Å². The highest BCUT2D eigenvalue weighted by Gasteiger charge is 2.49. The lowest BCUT2D eigenvalue weighted by Gasteiger charge is -2.37. The first-order valence-electron chi connectivity index (χ1n) is 13.0. The Bertz CT molecular complexity index is 1120. The van der Waals surface area contributed by atoms with Crippen LogP contribution in [-0.2, 0) is 25.7 Å². The second-order valence-corrected chi connectivity index (χ2v) is 12.4. The van der Waals surface area contributed by atoms with E-state index in [0.29, 0.717) is 26.1 Å². The van der Waals surface area contributed by atoms with Crippen LogP contribution < -0.4 is 16.4 Å². The van der Waals surface area contributed by atoms with Gasteiger partial charge in [0.1, 0.15) is 18.7 Å². The second-order valence-electron chi connectivity index (χ2n) is 11.6. The average molecular weight is 544 g/mol. The van der Waals surface area contributed by atoms with E-state index in [1.54, 1.807) is 16.2 Å². The molecule has 1 aliphatic heterocycles. The van der Waals surface area contributed by atoms with Gasteiger partial charge >= 0.3 is 0 Å². The van der Waals surface area contributed by atoms with Crippen LogP contribution in [0.5, 0.6) is 0 Å². The van der Waals surface area contributed by atoms with Crippen molar-refractivity contribution >= 4 is 29.1 Å². The van der Waals surface area contributed by atoms with Crippen molar-refractivity contribution in [3.05, 3.63) is 41.0 Å². The third-order valence-electron chi connectivity index (χ3n) is 6.92. The Hall–Kier alpha value is -2.82. The number of likely N-dealkylation sites (tertiary alicyclic amines) is 1. The van der Waals surface area contributed by atoms with Gasteiger partial charge in [0.25, 0.3) is 0 Å². The Morgan fingerprint density at radius 3 is 2.50 bits per heavy atom. The number of carbonyl (C=O) groups is 3. The van der Waals surface area contributed by atoms with E-state index in [4.69, 9.17) is 10.5 Å². The number of hydrogen-bond donors (Lipinski definition) is 3. The highest BCUT2D eigenvalue weighted by Crippen LogP contribution is 2.38. The van der Waals surface area contributed by atoms with Gasteiger partial charge in [0, 0.05) is 19.6 Å². The topological polar surface area (TPSA) is 127 Å². The van der Waals surface area contributed by atoms with Crippen molar-refractivity contribution in [3.63, 3.8) is 0 Å². The quantitative estimate of drug-likeness (QED) is 0.396. The molecule has 2 aromatic rings. The number of thiazole rings is 1. The largest absolute Gasteiger partial charge is 0.370 e. The van der Waals surface area contributed by atoms with Crippen molar-refractivity contribution in [1.29, 1.82) is 0 Å². The highest BCUT2D eigenvalue weighted by atomic mass is 32.1. The number of amides is 3. The van der Waals surface area contributed by atoms with E-state index >= 15 is 0 Å². The Balaban J connectivity index is 1.70. The molecule has 1 aromatic carbocycles. The first-order valence-corrected chi connectivity index (χ1v) is 13.9. The molecule has 10 heteroatoms. The van der Waals surface area contributed by atoms with E-state index in [2.05, 4.69) is 15.6 Å². The van der Waals surface area contributed by atoms with E-state index in [1.807, 2.05) is 71.3 Å². The summed E-state index contributed by atoms with van der Waals surface area (Å²) in [5.41, 5.74) is 9.34. The number of aromatic nitrogens is 1.